The van der Waals surface area contributed by atoms with Crippen molar-refractivity contribution >= 4 is 5.91 Å². The third kappa shape index (κ3) is 7.11. The number of benzene rings is 1. The first kappa shape index (κ1) is 21.0. The van der Waals surface area contributed by atoms with Gasteiger partial charge < -0.3 is 10.2 Å². The average Bonchev–Trinajstić information content (AvgIpc) is 2.70. The summed E-state index contributed by atoms with van der Waals surface area (Å²) in [5.74, 6) is 0.150. The lowest BCUT2D eigenvalue weighted by Crippen LogP contribution is -2.46. The molecule has 0 bridgehead atoms. The fourth-order valence-electron chi connectivity index (χ4n) is 3.81. The lowest BCUT2D eigenvalue weighted by Gasteiger charge is -2.31. The zero-order chi connectivity index (χ0) is 18.6. The minimum atomic E-state index is 0.150. The van der Waals surface area contributed by atoms with Crippen molar-refractivity contribution in [3.05, 3.63) is 35.4 Å². The zero-order valence-electron chi connectivity index (χ0n) is 16.9. The lowest BCUT2D eigenvalue weighted by atomic mass is 10.0. The Morgan fingerprint density at radius 3 is 2.31 bits per heavy atom. The van der Waals surface area contributed by atoms with Crippen molar-refractivity contribution in [2.24, 2.45) is 0 Å². The molecule has 3 heteroatoms. The summed E-state index contributed by atoms with van der Waals surface area (Å²) >= 11 is 0. The molecule has 0 unspecified atom stereocenters. The van der Waals surface area contributed by atoms with Crippen LogP contribution in [0, 0.1) is 0 Å². The molecule has 3 nitrogen and oxygen atoms in total. The highest BCUT2D eigenvalue weighted by molar-refractivity contribution is 5.94. The second-order valence-electron chi connectivity index (χ2n) is 7.84. The minimum Gasteiger partial charge on any atom is -0.337 e. The van der Waals surface area contributed by atoms with Crippen molar-refractivity contribution in [1.29, 1.82) is 0 Å². The molecule has 0 radical (unpaired) electrons. The molecule has 0 saturated carbocycles. The first-order chi connectivity index (χ1) is 12.7. The van der Waals surface area contributed by atoms with Gasteiger partial charge in [-0.2, -0.15) is 0 Å². The molecule has 1 aliphatic rings. The molecule has 0 aliphatic carbocycles. The molecule has 1 saturated heterocycles. The normalized spacial score (nSPS) is 17.2. The molecular weight excluding hydrogens is 320 g/mol. The summed E-state index contributed by atoms with van der Waals surface area (Å²) < 4.78 is 0. The molecule has 1 heterocycles. The molecule has 1 N–H and O–H groups in total. The first-order valence-electron chi connectivity index (χ1n) is 10.8. The molecule has 0 spiro atoms. The molecule has 26 heavy (non-hydrogen) atoms. The van der Waals surface area contributed by atoms with E-state index in [-0.39, 0.29) is 5.91 Å². The fourth-order valence-corrected chi connectivity index (χ4v) is 3.81. The standard InChI is InChI=1S/C23H38N2O/c1-3-4-5-6-7-8-9-10-12-20-14-16-21(17-15-20)23(26)25(2)22-13-11-18-24-19-22/h14-17,22,24H,3-13,18-19H2,1-2H3/t22-/m1/s1. The van der Waals surface area contributed by atoms with Crippen LogP contribution in [0.2, 0.25) is 0 Å². The molecule has 1 aromatic carbocycles. The summed E-state index contributed by atoms with van der Waals surface area (Å²) in [6, 6.07) is 8.63. The van der Waals surface area contributed by atoms with E-state index in [1.807, 2.05) is 24.1 Å². The Morgan fingerprint density at radius 1 is 1.04 bits per heavy atom. The Morgan fingerprint density at radius 2 is 1.69 bits per heavy atom. The first-order valence-corrected chi connectivity index (χ1v) is 10.8. The third-order valence-electron chi connectivity index (χ3n) is 5.66. The van der Waals surface area contributed by atoms with Crippen LogP contribution in [-0.4, -0.2) is 37.0 Å². The van der Waals surface area contributed by atoms with Crippen LogP contribution >= 0.6 is 0 Å². The summed E-state index contributed by atoms with van der Waals surface area (Å²) in [5.41, 5.74) is 2.17. The van der Waals surface area contributed by atoms with Crippen molar-refractivity contribution in [1.82, 2.24) is 10.2 Å². The van der Waals surface area contributed by atoms with Crippen molar-refractivity contribution in [2.75, 3.05) is 20.1 Å². The maximum Gasteiger partial charge on any atom is 0.253 e. The zero-order valence-corrected chi connectivity index (χ0v) is 16.9. The number of aryl methyl sites for hydroxylation is 1. The van der Waals surface area contributed by atoms with Gasteiger partial charge in [0.1, 0.15) is 0 Å². The van der Waals surface area contributed by atoms with Gasteiger partial charge in [-0.25, -0.2) is 0 Å². The van der Waals surface area contributed by atoms with E-state index in [0.717, 1.165) is 37.9 Å². The van der Waals surface area contributed by atoms with Gasteiger partial charge in [0.05, 0.1) is 0 Å². The van der Waals surface area contributed by atoms with Crippen molar-refractivity contribution in [3.63, 3.8) is 0 Å². The van der Waals surface area contributed by atoms with Gasteiger partial charge in [-0.05, 0) is 49.9 Å². The van der Waals surface area contributed by atoms with Crippen molar-refractivity contribution in [2.45, 2.75) is 83.6 Å². The Bertz CT molecular complexity index is 505. The summed E-state index contributed by atoms with van der Waals surface area (Å²) in [4.78, 5) is 14.6. The molecule has 146 valence electrons. The number of carbonyl (C=O) groups is 1. The Kier molecular flexibility index (Phi) is 9.76. The van der Waals surface area contributed by atoms with Gasteiger partial charge in [-0.3, -0.25) is 4.79 Å². The van der Waals surface area contributed by atoms with Crippen LogP contribution in [0.15, 0.2) is 24.3 Å². The monoisotopic (exact) mass is 358 g/mol. The van der Waals surface area contributed by atoms with E-state index < -0.39 is 0 Å². The van der Waals surface area contributed by atoms with Crippen LogP contribution in [-0.2, 0) is 6.42 Å². The topological polar surface area (TPSA) is 32.3 Å². The van der Waals surface area contributed by atoms with E-state index in [4.69, 9.17) is 0 Å². The number of amides is 1. The predicted molar refractivity (Wildman–Crippen MR) is 111 cm³/mol. The van der Waals surface area contributed by atoms with Crippen molar-refractivity contribution < 1.29 is 4.79 Å². The van der Waals surface area contributed by atoms with E-state index in [1.54, 1.807) is 0 Å². The van der Waals surface area contributed by atoms with Crippen LogP contribution in [0.3, 0.4) is 0 Å². The van der Waals surface area contributed by atoms with Crippen LogP contribution in [0.1, 0.15) is 87.1 Å². The molecule has 0 aromatic heterocycles. The van der Waals surface area contributed by atoms with Crippen LogP contribution in [0.4, 0.5) is 0 Å². The van der Waals surface area contributed by atoms with Crippen LogP contribution < -0.4 is 5.32 Å². The van der Waals surface area contributed by atoms with Gasteiger partial charge in [0, 0.05) is 25.2 Å². The number of unbranched alkanes of at least 4 members (excludes halogenated alkanes) is 7. The second kappa shape index (κ2) is 12.1. The molecule has 1 aromatic rings. The number of hydrogen-bond acceptors (Lipinski definition) is 2. The molecule has 2 rings (SSSR count). The van der Waals surface area contributed by atoms with E-state index in [1.165, 1.54) is 56.9 Å². The van der Waals surface area contributed by atoms with E-state index in [9.17, 15) is 4.79 Å². The summed E-state index contributed by atoms with van der Waals surface area (Å²) in [6.45, 7) is 4.26. The second-order valence-corrected chi connectivity index (χ2v) is 7.84. The number of nitrogens with zero attached hydrogens (tertiary/aromatic N) is 1. The van der Waals surface area contributed by atoms with Gasteiger partial charge in [-0.15, -0.1) is 0 Å². The highest BCUT2D eigenvalue weighted by Crippen LogP contribution is 2.15. The van der Waals surface area contributed by atoms with Crippen LogP contribution in [0.25, 0.3) is 0 Å². The Balaban J connectivity index is 1.67. The summed E-state index contributed by atoms with van der Waals surface area (Å²) in [7, 11) is 1.94. The SMILES string of the molecule is CCCCCCCCCCc1ccc(C(=O)N(C)[C@@H]2CCCNC2)cc1. The maximum absolute atomic E-state index is 12.7. The molecule has 1 fully saturated rings. The largest absolute Gasteiger partial charge is 0.337 e. The number of likely N-dealkylation sites (N-methyl/N-ethyl adjacent to an activating group) is 1. The number of rotatable bonds is 11. The van der Waals surface area contributed by atoms with Gasteiger partial charge in [0.15, 0.2) is 0 Å². The average molecular weight is 359 g/mol. The summed E-state index contributed by atoms with van der Waals surface area (Å²) in [6.07, 6.45) is 14.2. The number of hydrogen-bond donors (Lipinski definition) is 1. The number of nitrogens with one attached hydrogen (secondary N) is 1. The Labute approximate surface area is 160 Å². The quantitative estimate of drug-likeness (QED) is 0.552. The molecule has 1 amide bonds. The van der Waals surface area contributed by atoms with Crippen LogP contribution in [0.5, 0.6) is 0 Å². The summed E-state index contributed by atoms with van der Waals surface area (Å²) in [5, 5.41) is 3.38. The minimum absolute atomic E-state index is 0.150. The van der Waals surface area contributed by atoms with E-state index in [2.05, 4.69) is 24.4 Å². The highest BCUT2D eigenvalue weighted by Gasteiger charge is 2.22. The molecule has 1 aliphatic heterocycles. The lowest BCUT2D eigenvalue weighted by molar-refractivity contribution is 0.0708. The predicted octanol–water partition coefficient (Wildman–Crippen LogP) is 5.19. The Hall–Kier alpha value is -1.35. The highest BCUT2D eigenvalue weighted by atomic mass is 16.2. The maximum atomic E-state index is 12.7. The van der Waals surface area contributed by atoms with Gasteiger partial charge in [0.25, 0.3) is 5.91 Å². The van der Waals surface area contributed by atoms with E-state index >= 15 is 0 Å². The van der Waals surface area contributed by atoms with E-state index in [0.29, 0.717) is 6.04 Å². The fraction of sp³-hybridized carbons (Fsp3) is 0.696. The number of carbonyl (C=O) groups excluding carboxylic acids is 1. The molecular formula is C23H38N2O. The van der Waals surface area contributed by atoms with Gasteiger partial charge >= 0.3 is 0 Å². The van der Waals surface area contributed by atoms with Gasteiger partial charge in [0.2, 0.25) is 0 Å². The molecule has 1 atom stereocenters. The van der Waals surface area contributed by atoms with Gasteiger partial charge in [-0.1, -0.05) is 64.0 Å². The smallest absolute Gasteiger partial charge is 0.253 e. The third-order valence-corrected chi connectivity index (χ3v) is 5.66. The number of piperidine rings is 1. The van der Waals surface area contributed by atoms with Crippen molar-refractivity contribution in [3.8, 4) is 0 Å².